The van der Waals surface area contributed by atoms with Crippen LogP contribution in [0.5, 0.6) is 0 Å². The van der Waals surface area contributed by atoms with Crippen molar-refractivity contribution in [2.45, 2.75) is 57.9 Å². The number of hydrogen-bond acceptors (Lipinski definition) is 2. The van der Waals surface area contributed by atoms with Crippen molar-refractivity contribution in [1.82, 2.24) is 4.90 Å². The van der Waals surface area contributed by atoms with Gasteiger partial charge in [-0.1, -0.05) is 20.3 Å². The number of rotatable bonds is 3. The first kappa shape index (κ1) is 11.9. The van der Waals surface area contributed by atoms with Crippen molar-refractivity contribution in [3.05, 3.63) is 0 Å². The van der Waals surface area contributed by atoms with Gasteiger partial charge in [-0.3, -0.25) is 9.69 Å². The van der Waals surface area contributed by atoms with Gasteiger partial charge in [-0.25, -0.2) is 0 Å². The third-order valence-corrected chi connectivity index (χ3v) is 4.81. The predicted molar refractivity (Wildman–Crippen MR) is 63.4 cm³/mol. The molecule has 1 aliphatic carbocycles. The maximum Gasteiger partial charge on any atom is 0.305 e. The topological polar surface area (TPSA) is 40.5 Å². The summed E-state index contributed by atoms with van der Waals surface area (Å²) in [5, 5.41) is 9.20. The summed E-state index contributed by atoms with van der Waals surface area (Å²) in [5.74, 6) is -0.637. The molecule has 0 spiro atoms. The summed E-state index contributed by atoms with van der Waals surface area (Å²) in [6.45, 7) is 6.69. The minimum absolute atomic E-state index is 0.0741. The van der Waals surface area contributed by atoms with Gasteiger partial charge >= 0.3 is 5.97 Å². The van der Waals surface area contributed by atoms with Crippen LogP contribution in [0.2, 0.25) is 0 Å². The molecule has 1 saturated heterocycles. The lowest BCUT2D eigenvalue weighted by Gasteiger charge is -2.47. The zero-order chi connectivity index (χ0) is 11.8. The van der Waals surface area contributed by atoms with E-state index in [2.05, 4.69) is 18.7 Å². The van der Waals surface area contributed by atoms with Gasteiger partial charge < -0.3 is 5.11 Å². The summed E-state index contributed by atoms with van der Waals surface area (Å²) in [6, 6.07) is 0. The van der Waals surface area contributed by atoms with Crippen LogP contribution in [-0.4, -0.2) is 34.6 Å². The SMILES string of the molecule is CC1(C)CCCC1(CC(=O)O)N1CCCC1. The Morgan fingerprint density at radius 1 is 1.19 bits per heavy atom. The maximum atomic E-state index is 11.2. The van der Waals surface area contributed by atoms with Gasteiger partial charge in [0.1, 0.15) is 0 Å². The van der Waals surface area contributed by atoms with E-state index in [0.717, 1.165) is 25.9 Å². The first-order valence-corrected chi connectivity index (χ1v) is 6.45. The molecule has 2 rings (SSSR count). The van der Waals surface area contributed by atoms with Crippen LogP contribution in [0, 0.1) is 5.41 Å². The van der Waals surface area contributed by atoms with Crippen LogP contribution < -0.4 is 0 Å². The van der Waals surface area contributed by atoms with Crippen molar-refractivity contribution in [3.63, 3.8) is 0 Å². The van der Waals surface area contributed by atoms with Crippen molar-refractivity contribution < 1.29 is 9.90 Å². The zero-order valence-corrected chi connectivity index (χ0v) is 10.5. The monoisotopic (exact) mass is 225 g/mol. The Bertz CT molecular complexity index is 282. The van der Waals surface area contributed by atoms with Crippen LogP contribution >= 0.6 is 0 Å². The average molecular weight is 225 g/mol. The molecule has 3 heteroatoms. The first-order valence-electron chi connectivity index (χ1n) is 6.45. The molecule has 1 heterocycles. The lowest BCUT2D eigenvalue weighted by molar-refractivity contribution is -0.142. The van der Waals surface area contributed by atoms with Crippen LogP contribution in [-0.2, 0) is 4.79 Å². The summed E-state index contributed by atoms with van der Waals surface area (Å²) in [6.07, 6.45) is 6.19. The molecule has 2 fully saturated rings. The Kier molecular flexibility index (Phi) is 2.99. The highest BCUT2D eigenvalue weighted by Crippen LogP contribution is 2.52. The average Bonchev–Trinajstić information content (AvgIpc) is 2.74. The van der Waals surface area contributed by atoms with E-state index in [4.69, 9.17) is 0 Å². The van der Waals surface area contributed by atoms with Crippen LogP contribution in [0.15, 0.2) is 0 Å². The molecule has 3 nitrogen and oxygen atoms in total. The highest BCUT2D eigenvalue weighted by molar-refractivity contribution is 5.68. The molecule has 1 saturated carbocycles. The Hall–Kier alpha value is -0.570. The van der Waals surface area contributed by atoms with E-state index in [1.165, 1.54) is 19.3 Å². The van der Waals surface area contributed by atoms with E-state index in [1.54, 1.807) is 0 Å². The Balaban J connectivity index is 2.27. The van der Waals surface area contributed by atoms with Crippen molar-refractivity contribution >= 4 is 5.97 Å². The summed E-state index contributed by atoms with van der Waals surface area (Å²) in [7, 11) is 0. The zero-order valence-electron chi connectivity index (χ0n) is 10.5. The van der Waals surface area contributed by atoms with Crippen molar-refractivity contribution in [2.24, 2.45) is 5.41 Å². The molecule has 0 aromatic carbocycles. The molecule has 0 radical (unpaired) electrons. The van der Waals surface area contributed by atoms with Gasteiger partial charge in [0.2, 0.25) is 0 Å². The summed E-state index contributed by atoms with van der Waals surface area (Å²) < 4.78 is 0. The van der Waals surface area contributed by atoms with E-state index in [1.807, 2.05) is 0 Å². The molecular formula is C13H23NO2. The van der Waals surface area contributed by atoms with Gasteiger partial charge in [-0.15, -0.1) is 0 Å². The van der Waals surface area contributed by atoms with Crippen LogP contribution in [0.3, 0.4) is 0 Å². The van der Waals surface area contributed by atoms with Gasteiger partial charge in [0, 0.05) is 5.54 Å². The fourth-order valence-corrected chi connectivity index (χ4v) is 3.81. The maximum absolute atomic E-state index is 11.2. The molecule has 2 aliphatic rings. The molecule has 92 valence electrons. The fourth-order valence-electron chi connectivity index (χ4n) is 3.81. The van der Waals surface area contributed by atoms with E-state index in [0.29, 0.717) is 6.42 Å². The van der Waals surface area contributed by atoms with Gasteiger partial charge in [0.25, 0.3) is 0 Å². The molecule has 1 aliphatic heterocycles. The van der Waals surface area contributed by atoms with Gasteiger partial charge in [-0.2, -0.15) is 0 Å². The smallest absolute Gasteiger partial charge is 0.305 e. The Morgan fingerprint density at radius 3 is 2.25 bits per heavy atom. The number of nitrogens with zero attached hydrogens (tertiary/aromatic N) is 1. The second-order valence-electron chi connectivity index (χ2n) is 6.03. The molecule has 1 N–H and O–H groups in total. The number of carbonyl (C=O) groups is 1. The van der Waals surface area contributed by atoms with E-state index >= 15 is 0 Å². The van der Waals surface area contributed by atoms with Gasteiger partial charge in [0.05, 0.1) is 6.42 Å². The second kappa shape index (κ2) is 4.02. The minimum atomic E-state index is -0.637. The summed E-state index contributed by atoms with van der Waals surface area (Å²) in [4.78, 5) is 13.6. The van der Waals surface area contributed by atoms with Crippen LogP contribution in [0.4, 0.5) is 0 Å². The van der Waals surface area contributed by atoms with Crippen LogP contribution in [0.25, 0.3) is 0 Å². The van der Waals surface area contributed by atoms with Gasteiger partial charge in [0.15, 0.2) is 0 Å². The number of aliphatic carboxylic acids is 1. The number of carboxylic acid groups (broad SMARTS) is 1. The fraction of sp³-hybridized carbons (Fsp3) is 0.923. The quantitative estimate of drug-likeness (QED) is 0.802. The highest BCUT2D eigenvalue weighted by atomic mass is 16.4. The number of likely N-dealkylation sites (tertiary alicyclic amines) is 1. The third kappa shape index (κ3) is 1.75. The molecule has 0 aromatic rings. The first-order chi connectivity index (χ1) is 7.48. The van der Waals surface area contributed by atoms with E-state index in [-0.39, 0.29) is 11.0 Å². The van der Waals surface area contributed by atoms with Crippen LogP contribution in [0.1, 0.15) is 52.4 Å². The second-order valence-corrected chi connectivity index (χ2v) is 6.03. The number of hydrogen-bond donors (Lipinski definition) is 1. The molecule has 1 unspecified atom stereocenters. The van der Waals surface area contributed by atoms with Gasteiger partial charge in [-0.05, 0) is 44.2 Å². The molecule has 0 bridgehead atoms. The summed E-state index contributed by atoms with van der Waals surface area (Å²) in [5.41, 5.74) is 0.0745. The molecule has 1 atom stereocenters. The van der Waals surface area contributed by atoms with Crippen molar-refractivity contribution in [1.29, 1.82) is 0 Å². The lowest BCUT2D eigenvalue weighted by atomic mass is 9.71. The van der Waals surface area contributed by atoms with Crippen molar-refractivity contribution in [3.8, 4) is 0 Å². The normalized spacial score (nSPS) is 34.4. The highest BCUT2D eigenvalue weighted by Gasteiger charge is 2.53. The standard InChI is InChI=1S/C13H23NO2/c1-12(2)6-5-7-13(12,10-11(15)16)14-8-3-4-9-14/h3-10H2,1-2H3,(H,15,16). The Labute approximate surface area is 97.8 Å². The predicted octanol–water partition coefficient (Wildman–Crippen LogP) is 2.51. The van der Waals surface area contributed by atoms with E-state index < -0.39 is 5.97 Å². The van der Waals surface area contributed by atoms with Crippen molar-refractivity contribution in [2.75, 3.05) is 13.1 Å². The minimum Gasteiger partial charge on any atom is -0.481 e. The van der Waals surface area contributed by atoms with E-state index in [9.17, 15) is 9.90 Å². The largest absolute Gasteiger partial charge is 0.481 e. The molecular weight excluding hydrogens is 202 g/mol. The Morgan fingerprint density at radius 2 is 1.81 bits per heavy atom. The third-order valence-electron chi connectivity index (χ3n) is 4.81. The lowest BCUT2D eigenvalue weighted by Crippen LogP contribution is -2.55. The molecule has 0 aromatic heterocycles. The molecule has 0 amide bonds. The number of carboxylic acids is 1. The molecule has 16 heavy (non-hydrogen) atoms. The summed E-state index contributed by atoms with van der Waals surface area (Å²) >= 11 is 0.